The van der Waals surface area contributed by atoms with E-state index >= 15 is 0 Å². The van der Waals surface area contributed by atoms with Crippen LogP contribution < -0.4 is 9.80 Å². The second kappa shape index (κ2) is 5.66. The average molecular weight is 268 g/mol. The molecule has 0 aromatic carbocycles. The predicted molar refractivity (Wildman–Crippen MR) is 67.8 cm³/mol. The molecule has 6 nitrogen and oxygen atoms in total. The van der Waals surface area contributed by atoms with Gasteiger partial charge < -0.3 is 19.3 Å². The molecule has 3 heterocycles. The predicted octanol–water partition coefficient (Wildman–Crippen LogP) is 0.636. The third-order valence-electron chi connectivity index (χ3n) is 3.27. The summed E-state index contributed by atoms with van der Waals surface area (Å²) in [5.41, 5.74) is 0. The largest absolute Gasteiger partial charge is 0.378 e. The molecule has 2 fully saturated rings. The first kappa shape index (κ1) is 12.6. The molecule has 0 bridgehead atoms. The van der Waals surface area contributed by atoms with Crippen molar-refractivity contribution in [2.24, 2.45) is 0 Å². The van der Waals surface area contributed by atoms with Crippen LogP contribution in [0, 0.1) is 5.82 Å². The number of hydrogen-bond donors (Lipinski definition) is 0. The molecule has 2 saturated heterocycles. The van der Waals surface area contributed by atoms with Gasteiger partial charge in [-0.1, -0.05) is 0 Å². The summed E-state index contributed by atoms with van der Waals surface area (Å²) in [6.45, 7) is 4.58. The van der Waals surface area contributed by atoms with Gasteiger partial charge in [-0.15, -0.1) is 0 Å². The first-order valence-electron chi connectivity index (χ1n) is 6.52. The van der Waals surface area contributed by atoms with Crippen molar-refractivity contribution in [3.05, 3.63) is 12.0 Å². The molecule has 0 atom stereocenters. The first-order chi connectivity index (χ1) is 9.34. The Morgan fingerprint density at radius 2 is 1.89 bits per heavy atom. The van der Waals surface area contributed by atoms with Crippen molar-refractivity contribution in [1.82, 2.24) is 9.97 Å². The SMILES string of the molecule is Fc1cnc(N2CCCOC2)nc1N1CCOCC1. The number of hydrogen-bond acceptors (Lipinski definition) is 6. The van der Waals surface area contributed by atoms with Gasteiger partial charge in [0.15, 0.2) is 11.6 Å². The third-order valence-corrected chi connectivity index (χ3v) is 3.27. The van der Waals surface area contributed by atoms with Crippen LogP contribution >= 0.6 is 0 Å². The van der Waals surface area contributed by atoms with Gasteiger partial charge in [0.25, 0.3) is 0 Å². The van der Waals surface area contributed by atoms with Crippen molar-refractivity contribution in [3.63, 3.8) is 0 Å². The van der Waals surface area contributed by atoms with Crippen LogP contribution in [0.25, 0.3) is 0 Å². The van der Waals surface area contributed by atoms with Gasteiger partial charge in [-0.05, 0) is 6.42 Å². The zero-order valence-electron chi connectivity index (χ0n) is 10.7. The summed E-state index contributed by atoms with van der Waals surface area (Å²) in [6.07, 6.45) is 2.18. The van der Waals surface area contributed by atoms with Crippen LogP contribution in [0.5, 0.6) is 0 Å². The highest BCUT2D eigenvalue weighted by Crippen LogP contribution is 2.21. The van der Waals surface area contributed by atoms with E-state index in [1.54, 1.807) is 0 Å². The summed E-state index contributed by atoms with van der Waals surface area (Å²) in [5.74, 6) is 0.505. The smallest absolute Gasteiger partial charge is 0.229 e. The maximum absolute atomic E-state index is 13.9. The Morgan fingerprint density at radius 3 is 2.63 bits per heavy atom. The van der Waals surface area contributed by atoms with Gasteiger partial charge >= 0.3 is 0 Å². The maximum atomic E-state index is 13.9. The molecule has 104 valence electrons. The Bertz CT molecular complexity index is 434. The summed E-state index contributed by atoms with van der Waals surface area (Å²) >= 11 is 0. The Hall–Kier alpha value is -1.47. The molecule has 0 spiro atoms. The molecule has 0 unspecified atom stereocenters. The molecule has 3 rings (SSSR count). The summed E-state index contributed by atoms with van der Waals surface area (Å²) in [4.78, 5) is 12.2. The summed E-state index contributed by atoms with van der Waals surface area (Å²) in [7, 11) is 0. The molecule has 0 radical (unpaired) electrons. The second-order valence-corrected chi connectivity index (χ2v) is 4.60. The van der Waals surface area contributed by atoms with Gasteiger partial charge in [0.2, 0.25) is 5.95 Å². The van der Waals surface area contributed by atoms with Crippen molar-refractivity contribution in [2.75, 3.05) is 56.0 Å². The lowest BCUT2D eigenvalue weighted by molar-refractivity contribution is 0.106. The van der Waals surface area contributed by atoms with E-state index in [4.69, 9.17) is 9.47 Å². The van der Waals surface area contributed by atoms with Crippen molar-refractivity contribution < 1.29 is 13.9 Å². The lowest BCUT2D eigenvalue weighted by atomic mass is 10.4. The number of aromatic nitrogens is 2. The number of halogens is 1. The Morgan fingerprint density at radius 1 is 1.05 bits per heavy atom. The van der Waals surface area contributed by atoms with Gasteiger partial charge in [0.1, 0.15) is 6.73 Å². The van der Waals surface area contributed by atoms with E-state index in [0.717, 1.165) is 19.6 Å². The summed E-state index contributed by atoms with van der Waals surface area (Å²) in [6, 6.07) is 0. The number of morpholine rings is 1. The standard InChI is InChI=1S/C12H17FN4O2/c13-10-8-14-12(17-2-1-5-19-9-17)15-11(10)16-3-6-18-7-4-16/h8H,1-7,9H2. The van der Waals surface area contributed by atoms with Crippen LogP contribution in [-0.4, -0.2) is 56.2 Å². The molecule has 2 aliphatic heterocycles. The van der Waals surface area contributed by atoms with E-state index in [9.17, 15) is 4.39 Å². The fraction of sp³-hybridized carbons (Fsp3) is 0.667. The zero-order valence-corrected chi connectivity index (χ0v) is 10.7. The molecule has 1 aromatic heterocycles. The highest BCUT2D eigenvalue weighted by molar-refractivity contribution is 5.45. The van der Waals surface area contributed by atoms with Gasteiger partial charge in [0, 0.05) is 19.6 Å². The van der Waals surface area contributed by atoms with Gasteiger partial charge in [0.05, 0.1) is 26.0 Å². The lowest BCUT2D eigenvalue weighted by Crippen LogP contribution is -2.38. The van der Waals surface area contributed by atoms with Crippen molar-refractivity contribution in [2.45, 2.75) is 6.42 Å². The highest BCUT2D eigenvalue weighted by atomic mass is 19.1. The highest BCUT2D eigenvalue weighted by Gasteiger charge is 2.20. The van der Waals surface area contributed by atoms with Crippen LogP contribution in [0.4, 0.5) is 16.2 Å². The minimum absolute atomic E-state index is 0.360. The van der Waals surface area contributed by atoms with Crippen LogP contribution in [-0.2, 0) is 9.47 Å². The third kappa shape index (κ3) is 2.76. The van der Waals surface area contributed by atoms with Crippen molar-refractivity contribution >= 4 is 11.8 Å². The maximum Gasteiger partial charge on any atom is 0.229 e. The Balaban J connectivity index is 1.82. The Kier molecular flexibility index (Phi) is 3.74. The molecule has 1 aromatic rings. The topological polar surface area (TPSA) is 50.7 Å². The van der Waals surface area contributed by atoms with E-state index in [1.165, 1.54) is 6.20 Å². The number of nitrogens with zero attached hydrogens (tertiary/aromatic N) is 4. The number of rotatable bonds is 2. The quantitative estimate of drug-likeness (QED) is 0.784. The molecular weight excluding hydrogens is 251 g/mol. The molecule has 0 aliphatic carbocycles. The number of anilines is 2. The van der Waals surface area contributed by atoms with Gasteiger partial charge in [-0.25, -0.2) is 9.37 Å². The minimum Gasteiger partial charge on any atom is -0.378 e. The van der Waals surface area contributed by atoms with E-state index in [-0.39, 0.29) is 5.82 Å². The van der Waals surface area contributed by atoms with Crippen LogP contribution in [0.15, 0.2) is 6.20 Å². The zero-order chi connectivity index (χ0) is 13.1. The van der Waals surface area contributed by atoms with E-state index in [0.29, 0.717) is 44.8 Å². The molecule has 0 saturated carbocycles. The fourth-order valence-electron chi connectivity index (χ4n) is 2.25. The molecular formula is C12H17FN4O2. The van der Waals surface area contributed by atoms with Gasteiger partial charge in [-0.2, -0.15) is 4.98 Å². The second-order valence-electron chi connectivity index (χ2n) is 4.60. The van der Waals surface area contributed by atoms with Crippen LogP contribution in [0.2, 0.25) is 0 Å². The van der Waals surface area contributed by atoms with E-state index in [2.05, 4.69) is 9.97 Å². The summed E-state index contributed by atoms with van der Waals surface area (Å²) < 4.78 is 24.5. The van der Waals surface area contributed by atoms with Crippen LogP contribution in [0.3, 0.4) is 0 Å². The monoisotopic (exact) mass is 268 g/mol. The molecule has 19 heavy (non-hydrogen) atoms. The lowest BCUT2D eigenvalue weighted by Gasteiger charge is -2.30. The molecule has 0 N–H and O–H groups in total. The summed E-state index contributed by atoms with van der Waals surface area (Å²) in [5, 5.41) is 0. The molecule has 2 aliphatic rings. The first-order valence-corrected chi connectivity index (χ1v) is 6.52. The van der Waals surface area contributed by atoms with Crippen molar-refractivity contribution in [3.8, 4) is 0 Å². The number of ether oxygens (including phenoxy) is 2. The fourth-order valence-corrected chi connectivity index (χ4v) is 2.25. The minimum atomic E-state index is -0.386. The van der Waals surface area contributed by atoms with E-state index in [1.807, 2.05) is 9.80 Å². The Labute approximate surface area is 111 Å². The normalized spacial score (nSPS) is 20.7. The molecule has 0 amide bonds. The molecule has 7 heteroatoms. The van der Waals surface area contributed by atoms with Gasteiger partial charge in [-0.3, -0.25) is 0 Å². The average Bonchev–Trinajstić information content (AvgIpc) is 2.49. The van der Waals surface area contributed by atoms with Crippen molar-refractivity contribution in [1.29, 1.82) is 0 Å². The van der Waals surface area contributed by atoms with E-state index < -0.39 is 0 Å². The van der Waals surface area contributed by atoms with Crippen LogP contribution in [0.1, 0.15) is 6.42 Å².